The van der Waals surface area contributed by atoms with Crippen molar-refractivity contribution in [2.45, 2.75) is 27.7 Å². The summed E-state index contributed by atoms with van der Waals surface area (Å²) < 4.78 is 0. The van der Waals surface area contributed by atoms with Crippen molar-refractivity contribution < 1.29 is 14.4 Å². The molecule has 31 heavy (non-hydrogen) atoms. The Bertz CT molecular complexity index is 1150. The molecule has 0 bridgehead atoms. The first-order valence-electron chi connectivity index (χ1n) is 10.2. The molecule has 0 saturated heterocycles. The number of benzene rings is 3. The fourth-order valence-corrected chi connectivity index (χ4v) is 3.35. The van der Waals surface area contributed by atoms with Gasteiger partial charge in [-0.05, 0) is 55.7 Å². The highest BCUT2D eigenvalue weighted by atomic mass is 16.7. The van der Waals surface area contributed by atoms with Gasteiger partial charge in [0.2, 0.25) is 0 Å². The maximum absolute atomic E-state index is 13.1. The highest BCUT2D eigenvalue weighted by molar-refractivity contribution is 6.10. The van der Waals surface area contributed by atoms with Crippen LogP contribution in [0.25, 0.3) is 11.1 Å². The summed E-state index contributed by atoms with van der Waals surface area (Å²) in [5.41, 5.74) is 6.50. The summed E-state index contributed by atoms with van der Waals surface area (Å²) in [6, 6.07) is 21.1. The van der Waals surface area contributed by atoms with Crippen LogP contribution in [-0.4, -0.2) is 24.0 Å². The largest absolute Gasteiger partial charge is 0.385 e. The van der Waals surface area contributed by atoms with Crippen molar-refractivity contribution in [3.8, 4) is 11.1 Å². The quantitative estimate of drug-likeness (QED) is 0.236. The average Bonchev–Trinajstić information content (AvgIpc) is 2.78. The lowest BCUT2D eigenvalue weighted by atomic mass is 9.94. The van der Waals surface area contributed by atoms with E-state index in [1.807, 2.05) is 80.6 Å². The number of rotatable bonds is 7. The second-order valence-corrected chi connectivity index (χ2v) is 7.28. The van der Waals surface area contributed by atoms with E-state index in [4.69, 9.17) is 4.84 Å². The summed E-state index contributed by atoms with van der Waals surface area (Å²) in [4.78, 5) is 29.0. The molecule has 0 heterocycles. The summed E-state index contributed by atoms with van der Waals surface area (Å²) in [6.45, 7) is 7.83. The number of aryl methyl sites for hydroxylation is 1. The molecule has 0 saturated carbocycles. The van der Waals surface area contributed by atoms with Crippen molar-refractivity contribution in [2.75, 3.05) is 11.9 Å². The Kier molecular flexibility index (Phi) is 6.98. The van der Waals surface area contributed by atoms with Gasteiger partial charge in [-0.15, -0.1) is 0 Å². The minimum atomic E-state index is -0.466. The van der Waals surface area contributed by atoms with Crippen molar-refractivity contribution in [1.29, 1.82) is 0 Å². The van der Waals surface area contributed by atoms with Gasteiger partial charge in [0.15, 0.2) is 5.78 Å². The van der Waals surface area contributed by atoms with Crippen molar-refractivity contribution in [3.63, 3.8) is 0 Å². The van der Waals surface area contributed by atoms with E-state index < -0.39 is 5.97 Å². The number of ketones is 1. The highest BCUT2D eigenvalue weighted by Gasteiger charge is 2.14. The second kappa shape index (κ2) is 9.85. The summed E-state index contributed by atoms with van der Waals surface area (Å²) in [7, 11) is 0. The average molecular weight is 415 g/mol. The van der Waals surface area contributed by atoms with Gasteiger partial charge in [-0.1, -0.05) is 53.7 Å². The van der Waals surface area contributed by atoms with Crippen molar-refractivity contribution in [1.82, 2.24) is 0 Å². The molecular formula is C26H26N2O3. The number of carbonyl (C=O) groups is 2. The van der Waals surface area contributed by atoms with Gasteiger partial charge in [-0.3, -0.25) is 4.79 Å². The molecule has 0 fully saturated rings. The molecule has 3 aromatic carbocycles. The molecule has 1 N–H and O–H groups in total. The third-order valence-electron chi connectivity index (χ3n) is 4.94. The predicted octanol–water partition coefficient (Wildman–Crippen LogP) is 5.61. The van der Waals surface area contributed by atoms with Crippen molar-refractivity contribution in [3.05, 3.63) is 89.0 Å². The Hall–Kier alpha value is -3.73. The molecule has 0 aliphatic rings. The number of nitrogens with zero attached hydrogens (tertiary/aromatic N) is 1. The van der Waals surface area contributed by atoms with Crippen LogP contribution in [0.1, 0.15) is 47.8 Å². The molecule has 5 heteroatoms. The molecule has 3 aromatic rings. The fourth-order valence-electron chi connectivity index (χ4n) is 3.35. The summed E-state index contributed by atoms with van der Waals surface area (Å²) >= 11 is 0. The number of hydrogen-bond acceptors (Lipinski definition) is 5. The van der Waals surface area contributed by atoms with Gasteiger partial charge in [-0.25, -0.2) is 4.79 Å². The molecule has 3 rings (SSSR count). The molecule has 5 nitrogen and oxygen atoms in total. The molecule has 0 aliphatic heterocycles. The van der Waals surface area contributed by atoms with E-state index in [1.54, 1.807) is 6.92 Å². The Morgan fingerprint density at radius 2 is 1.71 bits per heavy atom. The molecule has 0 aromatic heterocycles. The Labute approximate surface area is 182 Å². The van der Waals surface area contributed by atoms with Crippen LogP contribution in [0.2, 0.25) is 0 Å². The van der Waals surface area contributed by atoms with Crippen LogP contribution in [0.3, 0.4) is 0 Å². The second-order valence-electron chi connectivity index (χ2n) is 7.28. The van der Waals surface area contributed by atoms with Gasteiger partial charge in [-0.2, -0.15) is 0 Å². The number of hydrogen-bond donors (Lipinski definition) is 1. The molecule has 0 radical (unpaired) electrons. The van der Waals surface area contributed by atoms with Crippen LogP contribution >= 0.6 is 0 Å². The Balaban J connectivity index is 2.05. The molecule has 0 atom stereocenters. The molecule has 0 spiro atoms. The van der Waals surface area contributed by atoms with E-state index in [0.717, 1.165) is 34.5 Å². The van der Waals surface area contributed by atoms with Gasteiger partial charge < -0.3 is 10.2 Å². The van der Waals surface area contributed by atoms with Crippen molar-refractivity contribution >= 4 is 23.2 Å². The summed E-state index contributed by atoms with van der Waals surface area (Å²) in [6.07, 6.45) is 0. The highest BCUT2D eigenvalue weighted by Crippen LogP contribution is 2.31. The lowest BCUT2D eigenvalue weighted by molar-refractivity contribution is -0.140. The Morgan fingerprint density at radius 1 is 0.935 bits per heavy atom. The first-order chi connectivity index (χ1) is 14.9. The monoisotopic (exact) mass is 414 g/mol. The zero-order chi connectivity index (χ0) is 22.4. The first-order valence-corrected chi connectivity index (χ1v) is 10.2. The molecule has 158 valence electrons. The van der Waals surface area contributed by atoms with Crippen LogP contribution < -0.4 is 5.32 Å². The van der Waals surface area contributed by atoms with Crippen LogP contribution in [0.15, 0.2) is 71.9 Å². The minimum absolute atomic E-state index is 0.00583. The van der Waals surface area contributed by atoms with Crippen LogP contribution in [0.5, 0.6) is 0 Å². The van der Waals surface area contributed by atoms with E-state index in [0.29, 0.717) is 16.8 Å². The standard InChI is InChI=1S/C26H26N2O3/c1-5-27-25-14-13-20(18(3)28-31-19(4)29)16-24(25)21-10-8-11-22(15-21)26(30)23-12-7-6-9-17(23)2/h6-16,27H,5H2,1-4H3/b28-18+. The van der Waals surface area contributed by atoms with Gasteiger partial charge in [0.1, 0.15) is 0 Å². The van der Waals surface area contributed by atoms with E-state index in [-0.39, 0.29) is 5.78 Å². The minimum Gasteiger partial charge on any atom is -0.385 e. The smallest absolute Gasteiger partial charge is 0.331 e. The first kappa shape index (κ1) is 22.0. The maximum atomic E-state index is 13.1. The molecular weight excluding hydrogens is 388 g/mol. The van der Waals surface area contributed by atoms with Crippen LogP contribution in [-0.2, 0) is 9.63 Å². The van der Waals surface area contributed by atoms with E-state index in [9.17, 15) is 9.59 Å². The third kappa shape index (κ3) is 5.25. The lowest BCUT2D eigenvalue weighted by Crippen LogP contribution is -2.05. The van der Waals surface area contributed by atoms with Crippen LogP contribution in [0.4, 0.5) is 5.69 Å². The van der Waals surface area contributed by atoms with Gasteiger partial charge in [0, 0.05) is 35.8 Å². The number of oxime groups is 1. The van der Waals surface area contributed by atoms with Crippen molar-refractivity contribution in [2.24, 2.45) is 5.16 Å². The lowest BCUT2D eigenvalue weighted by Gasteiger charge is -2.14. The van der Waals surface area contributed by atoms with Crippen LogP contribution in [0, 0.1) is 6.92 Å². The Morgan fingerprint density at radius 3 is 2.42 bits per heavy atom. The summed E-state index contributed by atoms with van der Waals surface area (Å²) in [5, 5.41) is 7.26. The SMILES string of the molecule is CCNc1ccc(/C(C)=N/OC(C)=O)cc1-c1cccc(C(=O)c2ccccc2C)c1. The fraction of sp³-hybridized carbons (Fsp3) is 0.192. The zero-order valence-electron chi connectivity index (χ0n) is 18.2. The van der Waals surface area contributed by atoms with Gasteiger partial charge >= 0.3 is 5.97 Å². The number of nitrogens with one attached hydrogen (secondary N) is 1. The van der Waals surface area contributed by atoms with Gasteiger partial charge in [0.05, 0.1) is 5.71 Å². The maximum Gasteiger partial charge on any atom is 0.331 e. The topological polar surface area (TPSA) is 67.8 Å². The number of anilines is 1. The van der Waals surface area contributed by atoms with E-state index >= 15 is 0 Å². The normalized spacial score (nSPS) is 11.2. The van der Waals surface area contributed by atoms with E-state index in [2.05, 4.69) is 10.5 Å². The van der Waals surface area contributed by atoms with Gasteiger partial charge in [0.25, 0.3) is 0 Å². The zero-order valence-corrected chi connectivity index (χ0v) is 18.2. The van der Waals surface area contributed by atoms with E-state index in [1.165, 1.54) is 6.92 Å². The predicted molar refractivity (Wildman–Crippen MR) is 125 cm³/mol. The molecule has 0 amide bonds. The third-order valence-corrected chi connectivity index (χ3v) is 4.94. The summed E-state index contributed by atoms with van der Waals surface area (Å²) in [5.74, 6) is -0.472. The molecule has 0 unspecified atom stereocenters. The number of carbonyl (C=O) groups excluding carboxylic acids is 2. The molecule has 0 aliphatic carbocycles.